The molecule has 4 nitrogen and oxygen atoms in total. The van der Waals surface area contributed by atoms with Crippen LogP contribution in [0.2, 0.25) is 0 Å². The van der Waals surface area contributed by atoms with Gasteiger partial charge in [0.05, 0.1) is 12.4 Å². The number of nitrogens with two attached hydrogens (primary N) is 1. The van der Waals surface area contributed by atoms with Gasteiger partial charge in [0.15, 0.2) is 0 Å². The molecule has 0 aliphatic rings. The van der Waals surface area contributed by atoms with Crippen LogP contribution in [0, 0.1) is 5.41 Å². The highest BCUT2D eigenvalue weighted by Crippen LogP contribution is 2.17. The minimum atomic E-state index is -3.40. The summed E-state index contributed by atoms with van der Waals surface area (Å²) in [5.41, 5.74) is -0.400. The highest BCUT2D eigenvalue weighted by Gasteiger charge is 2.23. The van der Waals surface area contributed by atoms with Crippen LogP contribution in [-0.2, 0) is 14.8 Å². The molecule has 0 rings (SSSR count). The Balaban J connectivity index is 3.94. The zero-order chi connectivity index (χ0) is 10.5. The number of ether oxygens (including phenoxy) is 1. The van der Waals surface area contributed by atoms with Gasteiger partial charge in [0.2, 0.25) is 10.0 Å². The molecule has 0 radical (unpaired) electrons. The van der Waals surface area contributed by atoms with Crippen LogP contribution < -0.4 is 5.14 Å². The molecule has 0 fully saturated rings. The van der Waals surface area contributed by atoms with Gasteiger partial charge in [-0.3, -0.25) is 0 Å². The Bertz CT molecular complexity index is 234. The number of hydrogen-bond acceptors (Lipinski definition) is 3. The summed E-state index contributed by atoms with van der Waals surface area (Å²) in [7, 11) is -3.40. The maximum atomic E-state index is 10.8. The van der Waals surface area contributed by atoms with E-state index in [-0.39, 0.29) is 5.75 Å². The Kier molecular flexibility index (Phi) is 4.88. The smallest absolute Gasteiger partial charge is 0.209 e. The molecule has 0 aromatic rings. The maximum Gasteiger partial charge on any atom is 0.209 e. The van der Waals surface area contributed by atoms with Crippen molar-refractivity contribution in [1.82, 2.24) is 0 Å². The van der Waals surface area contributed by atoms with Gasteiger partial charge in [-0.15, -0.1) is 0 Å². The van der Waals surface area contributed by atoms with E-state index in [0.717, 1.165) is 6.42 Å². The van der Waals surface area contributed by atoms with E-state index in [1.54, 1.807) is 0 Å². The summed E-state index contributed by atoms with van der Waals surface area (Å²) in [5, 5.41) is 4.94. The van der Waals surface area contributed by atoms with Gasteiger partial charge < -0.3 is 4.74 Å². The molecule has 80 valence electrons. The Labute approximate surface area is 80.5 Å². The molecule has 0 heterocycles. The predicted octanol–water partition coefficient (Wildman–Crippen LogP) is 0.728. The Morgan fingerprint density at radius 1 is 1.38 bits per heavy atom. The van der Waals surface area contributed by atoms with Crippen LogP contribution in [0.15, 0.2) is 0 Å². The Morgan fingerprint density at radius 3 is 2.31 bits per heavy atom. The molecule has 0 unspecified atom stereocenters. The van der Waals surface area contributed by atoms with Gasteiger partial charge in [0.25, 0.3) is 0 Å². The molecule has 0 aliphatic carbocycles. The molecule has 0 amide bonds. The molecule has 2 N–H and O–H groups in total. The largest absolute Gasteiger partial charge is 0.381 e. The first-order chi connectivity index (χ1) is 5.77. The summed E-state index contributed by atoms with van der Waals surface area (Å²) in [5.74, 6) is -0.0380. The van der Waals surface area contributed by atoms with Crippen molar-refractivity contribution in [3.8, 4) is 0 Å². The predicted molar refractivity (Wildman–Crippen MR) is 52.9 cm³/mol. The standard InChI is InChI=1S/C8H19NO3S/c1-4-5-12-6-8(2,3)7-13(9,10)11/h4-7H2,1-3H3,(H2,9,10,11). The zero-order valence-electron chi connectivity index (χ0n) is 8.54. The third-order valence-corrected chi connectivity index (χ3v) is 2.62. The second-order valence-electron chi connectivity index (χ2n) is 4.02. The number of sulfonamides is 1. The quantitative estimate of drug-likeness (QED) is 0.656. The van der Waals surface area contributed by atoms with E-state index in [0.29, 0.717) is 13.2 Å². The number of primary sulfonamides is 1. The van der Waals surface area contributed by atoms with E-state index >= 15 is 0 Å². The first-order valence-corrected chi connectivity index (χ1v) is 6.06. The molecule has 0 atom stereocenters. The fourth-order valence-electron chi connectivity index (χ4n) is 1.08. The van der Waals surface area contributed by atoms with Crippen LogP contribution in [0.4, 0.5) is 0 Å². The van der Waals surface area contributed by atoms with E-state index in [1.807, 2.05) is 20.8 Å². The van der Waals surface area contributed by atoms with Gasteiger partial charge in [-0.2, -0.15) is 0 Å². The van der Waals surface area contributed by atoms with Gasteiger partial charge in [-0.05, 0) is 6.42 Å². The van der Waals surface area contributed by atoms with Crippen molar-refractivity contribution < 1.29 is 13.2 Å². The first kappa shape index (κ1) is 12.9. The van der Waals surface area contributed by atoms with Gasteiger partial charge in [0, 0.05) is 12.0 Å². The lowest BCUT2D eigenvalue weighted by Gasteiger charge is -2.22. The van der Waals surface area contributed by atoms with Crippen molar-refractivity contribution in [2.75, 3.05) is 19.0 Å². The first-order valence-electron chi connectivity index (χ1n) is 4.35. The minimum Gasteiger partial charge on any atom is -0.381 e. The lowest BCUT2D eigenvalue weighted by molar-refractivity contribution is 0.0731. The molecule has 0 spiro atoms. The van der Waals surface area contributed by atoms with Crippen molar-refractivity contribution in [3.63, 3.8) is 0 Å². The van der Waals surface area contributed by atoms with Crippen LogP contribution in [0.25, 0.3) is 0 Å². The molecular weight excluding hydrogens is 190 g/mol. The Morgan fingerprint density at radius 2 is 1.92 bits per heavy atom. The van der Waals surface area contributed by atoms with Crippen molar-refractivity contribution in [2.24, 2.45) is 10.6 Å². The normalized spacial score (nSPS) is 13.2. The van der Waals surface area contributed by atoms with E-state index in [9.17, 15) is 8.42 Å². The SMILES string of the molecule is CCCOCC(C)(C)CS(N)(=O)=O. The van der Waals surface area contributed by atoms with Crippen LogP contribution in [0.5, 0.6) is 0 Å². The van der Waals surface area contributed by atoms with Crippen molar-refractivity contribution >= 4 is 10.0 Å². The molecule has 0 aromatic carbocycles. The third kappa shape index (κ3) is 8.21. The average Bonchev–Trinajstić information content (AvgIpc) is 1.81. The van der Waals surface area contributed by atoms with Gasteiger partial charge in [-0.25, -0.2) is 13.6 Å². The molecule has 0 bridgehead atoms. The van der Waals surface area contributed by atoms with E-state index in [1.165, 1.54) is 0 Å². The highest BCUT2D eigenvalue weighted by atomic mass is 32.2. The number of hydrogen-bond donors (Lipinski definition) is 1. The molecular formula is C8H19NO3S. The van der Waals surface area contributed by atoms with Crippen LogP contribution in [-0.4, -0.2) is 27.4 Å². The molecule has 0 aliphatic heterocycles. The summed E-state index contributed by atoms with van der Waals surface area (Å²) in [6.45, 7) is 6.75. The maximum absolute atomic E-state index is 10.8. The van der Waals surface area contributed by atoms with Crippen molar-refractivity contribution in [3.05, 3.63) is 0 Å². The van der Waals surface area contributed by atoms with E-state index in [4.69, 9.17) is 9.88 Å². The topological polar surface area (TPSA) is 69.4 Å². The summed E-state index contributed by atoms with van der Waals surface area (Å²) in [4.78, 5) is 0. The van der Waals surface area contributed by atoms with Crippen LogP contribution in [0.3, 0.4) is 0 Å². The molecule has 0 saturated heterocycles. The fraction of sp³-hybridized carbons (Fsp3) is 1.00. The molecule has 0 aromatic heterocycles. The molecule has 5 heteroatoms. The lowest BCUT2D eigenvalue weighted by atomic mass is 9.98. The van der Waals surface area contributed by atoms with Gasteiger partial charge >= 0.3 is 0 Å². The second-order valence-corrected chi connectivity index (χ2v) is 5.64. The fourth-order valence-corrected chi connectivity index (χ4v) is 2.25. The van der Waals surface area contributed by atoms with Crippen LogP contribution in [0.1, 0.15) is 27.2 Å². The summed E-state index contributed by atoms with van der Waals surface area (Å²) in [6.07, 6.45) is 0.936. The second kappa shape index (κ2) is 4.93. The van der Waals surface area contributed by atoms with Gasteiger partial charge in [0.1, 0.15) is 0 Å². The van der Waals surface area contributed by atoms with Gasteiger partial charge in [-0.1, -0.05) is 20.8 Å². The summed E-state index contributed by atoms with van der Waals surface area (Å²) < 4.78 is 26.9. The van der Waals surface area contributed by atoms with Crippen molar-refractivity contribution in [1.29, 1.82) is 0 Å². The number of rotatable bonds is 6. The molecule has 0 saturated carbocycles. The summed E-state index contributed by atoms with van der Waals surface area (Å²) in [6, 6.07) is 0. The lowest BCUT2D eigenvalue weighted by Crippen LogP contribution is -2.32. The van der Waals surface area contributed by atoms with E-state index in [2.05, 4.69) is 0 Å². The van der Waals surface area contributed by atoms with E-state index < -0.39 is 15.4 Å². The monoisotopic (exact) mass is 209 g/mol. The zero-order valence-corrected chi connectivity index (χ0v) is 9.36. The van der Waals surface area contributed by atoms with Crippen LogP contribution >= 0.6 is 0 Å². The molecule has 13 heavy (non-hydrogen) atoms. The average molecular weight is 209 g/mol. The minimum absolute atomic E-state index is 0.0380. The highest BCUT2D eigenvalue weighted by molar-refractivity contribution is 7.89. The third-order valence-electron chi connectivity index (χ3n) is 1.43. The summed E-state index contributed by atoms with van der Waals surface area (Å²) >= 11 is 0. The Hall–Kier alpha value is -0.130. The van der Waals surface area contributed by atoms with Crippen molar-refractivity contribution in [2.45, 2.75) is 27.2 Å².